The minimum atomic E-state index is -3.63. The molecule has 1 aliphatic heterocycles. The Labute approximate surface area is 193 Å². The summed E-state index contributed by atoms with van der Waals surface area (Å²) in [5.74, 6) is 0.0367. The third kappa shape index (κ3) is 5.20. The van der Waals surface area contributed by atoms with E-state index in [1.54, 1.807) is 12.1 Å². The van der Waals surface area contributed by atoms with Gasteiger partial charge in [0.2, 0.25) is 21.8 Å². The summed E-state index contributed by atoms with van der Waals surface area (Å²) in [4.78, 5) is 15.9. The van der Waals surface area contributed by atoms with E-state index < -0.39 is 10.0 Å². The normalized spacial score (nSPS) is 14.7. The fraction of sp³-hybridized carbons (Fsp3) is 0.364. The number of carbonyl (C=O) groups is 1. The Bertz CT molecular complexity index is 1220. The van der Waals surface area contributed by atoms with Gasteiger partial charge in [0.25, 0.3) is 0 Å². The lowest BCUT2D eigenvalue weighted by molar-refractivity contribution is -0.117. The average Bonchev–Trinajstić information content (AvgIpc) is 3.28. The summed E-state index contributed by atoms with van der Waals surface area (Å²) in [5.41, 5.74) is 1.90. The lowest BCUT2D eigenvalue weighted by atomic mass is 10.2. The zero-order valence-electron chi connectivity index (χ0n) is 18.7. The van der Waals surface area contributed by atoms with Crippen molar-refractivity contribution in [3.8, 4) is 11.4 Å². The maximum atomic E-state index is 13.1. The van der Waals surface area contributed by atoms with Gasteiger partial charge in [-0.3, -0.25) is 4.79 Å². The molecule has 10 nitrogen and oxygen atoms in total. The van der Waals surface area contributed by atoms with Crippen LogP contribution in [0.4, 0.5) is 11.4 Å². The molecule has 2 aromatic carbocycles. The number of piperidine rings is 1. The fourth-order valence-corrected chi connectivity index (χ4v) is 5.30. The largest absolute Gasteiger partial charge is 0.376 e. The predicted octanol–water partition coefficient (Wildman–Crippen LogP) is 2.22. The second-order valence-corrected chi connectivity index (χ2v) is 10.0. The molecule has 1 N–H and O–H groups in total. The van der Waals surface area contributed by atoms with Crippen molar-refractivity contribution in [2.24, 2.45) is 0 Å². The van der Waals surface area contributed by atoms with Gasteiger partial charge in [-0.15, -0.1) is 10.2 Å². The first-order valence-corrected chi connectivity index (χ1v) is 12.2. The van der Waals surface area contributed by atoms with Crippen molar-refractivity contribution in [3.63, 3.8) is 0 Å². The van der Waals surface area contributed by atoms with Crippen molar-refractivity contribution in [1.29, 1.82) is 0 Å². The van der Waals surface area contributed by atoms with Crippen molar-refractivity contribution < 1.29 is 13.2 Å². The maximum absolute atomic E-state index is 13.1. The van der Waals surface area contributed by atoms with Crippen LogP contribution < -0.4 is 10.2 Å². The number of carbonyl (C=O) groups excluding carboxylic acids is 1. The van der Waals surface area contributed by atoms with E-state index in [1.807, 2.05) is 49.3 Å². The zero-order chi connectivity index (χ0) is 23.4. The molecule has 1 amide bonds. The lowest BCUT2D eigenvalue weighted by Crippen LogP contribution is -2.35. The summed E-state index contributed by atoms with van der Waals surface area (Å²) in [6.07, 6.45) is 2.75. The van der Waals surface area contributed by atoms with Crippen LogP contribution in [0.1, 0.15) is 19.3 Å². The molecule has 2 heterocycles. The maximum Gasteiger partial charge on any atom is 0.248 e. The highest BCUT2D eigenvalue weighted by atomic mass is 32.2. The molecule has 0 spiro atoms. The summed E-state index contributed by atoms with van der Waals surface area (Å²) < 4.78 is 27.7. The molecule has 1 aliphatic rings. The van der Waals surface area contributed by atoms with Crippen molar-refractivity contribution >= 4 is 27.3 Å². The van der Waals surface area contributed by atoms with Crippen LogP contribution in [0, 0.1) is 0 Å². The molecule has 0 unspecified atom stereocenters. The van der Waals surface area contributed by atoms with Gasteiger partial charge in [0, 0.05) is 32.7 Å². The summed E-state index contributed by atoms with van der Waals surface area (Å²) >= 11 is 0. The topological polar surface area (TPSA) is 113 Å². The number of amides is 1. The van der Waals surface area contributed by atoms with Gasteiger partial charge in [0.05, 0.1) is 16.3 Å². The first-order chi connectivity index (χ1) is 15.8. The predicted molar refractivity (Wildman–Crippen MR) is 125 cm³/mol. The Morgan fingerprint density at radius 1 is 1.06 bits per heavy atom. The van der Waals surface area contributed by atoms with Crippen LogP contribution in [-0.4, -0.2) is 66.0 Å². The molecule has 1 aromatic heterocycles. The average molecular weight is 470 g/mol. The molecular formula is C22H27N7O3S. The Balaban J connectivity index is 1.53. The van der Waals surface area contributed by atoms with Crippen molar-refractivity contribution in [2.75, 3.05) is 37.4 Å². The number of sulfonamides is 1. The molecule has 0 bridgehead atoms. The quantitative estimate of drug-likeness (QED) is 0.564. The number of rotatable bonds is 7. The van der Waals surface area contributed by atoms with Crippen LogP contribution in [0.5, 0.6) is 0 Å². The molecule has 33 heavy (non-hydrogen) atoms. The van der Waals surface area contributed by atoms with Gasteiger partial charge in [0.15, 0.2) is 0 Å². The first-order valence-electron chi connectivity index (χ1n) is 10.8. The van der Waals surface area contributed by atoms with Crippen LogP contribution in [0.2, 0.25) is 0 Å². The minimum Gasteiger partial charge on any atom is -0.376 e. The summed E-state index contributed by atoms with van der Waals surface area (Å²) in [6, 6.07) is 14.2. The Kier molecular flexibility index (Phi) is 6.70. The Hall–Kier alpha value is -3.31. The second kappa shape index (κ2) is 9.67. The Morgan fingerprint density at radius 2 is 1.79 bits per heavy atom. The van der Waals surface area contributed by atoms with Crippen molar-refractivity contribution in [1.82, 2.24) is 24.5 Å². The molecule has 4 rings (SSSR count). The van der Waals surface area contributed by atoms with E-state index in [0.717, 1.165) is 24.8 Å². The monoisotopic (exact) mass is 469 g/mol. The molecule has 3 aromatic rings. The standard InChI is InChI=1S/C22H27N7O3S/c1-27(2)20-12-11-18(33(31,32)28-13-7-4-8-14-28)15-19(20)23-21(30)16-29-25-22(24-26-29)17-9-5-3-6-10-17/h3,5-6,9-12,15H,4,7-8,13-14,16H2,1-2H3,(H,23,30). The van der Waals surface area contributed by atoms with Gasteiger partial charge >= 0.3 is 0 Å². The van der Waals surface area contributed by atoms with Crippen molar-refractivity contribution in [3.05, 3.63) is 48.5 Å². The molecule has 174 valence electrons. The van der Waals surface area contributed by atoms with E-state index in [-0.39, 0.29) is 17.3 Å². The van der Waals surface area contributed by atoms with Gasteiger partial charge in [-0.25, -0.2) is 8.42 Å². The van der Waals surface area contributed by atoms with E-state index in [0.29, 0.717) is 30.3 Å². The van der Waals surface area contributed by atoms with E-state index in [1.165, 1.54) is 15.2 Å². The van der Waals surface area contributed by atoms with E-state index in [4.69, 9.17) is 0 Å². The highest BCUT2D eigenvalue weighted by Crippen LogP contribution is 2.30. The third-order valence-corrected chi connectivity index (χ3v) is 7.34. The van der Waals surface area contributed by atoms with Crippen LogP contribution >= 0.6 is 0 Å². The smallest absolute Gasteiger partial charge is 0.248 e. The van der Waals surface area contributed by atoms with Gasteiger partial charge < -0.3 is 10.2 Å². The molecule has 11 heteroatoms. The zero-order valence-corrected chi connectivity index (χ0v) is 19.5. The first kappa shape index (κ1) is 22.9. The number of hydrogen-bond acceptors (Lipinski definition) is 7. The number of benzene rings is 2. The molecule has 1 saturated heterocycles. The van der Waals surface area contributed by atoms with Gasteiger partial charge in [-0.05, 0) is 36.3 Å². The minimum absolute atomic E-state index is 0.157. The summed E-state index contributed by atoms with van der Waals surface area (Å²) in [6.45, 7) is 0.873. The van der Waals surface area contributed by atoms with Gasteiger partial charge in [-0.1, -0.05) is 36.8 Å². The summed E-state index contributed by atoms with van der Waals surface area (Å²) in [5, 5.41) is 15.0. The number of hydrogen-bond donors (Lipinski definition) is 1. The number of aromatic nitrogens is 4. The second-order valence-electron chi connectivity index (χ2n) is 8.10. The number of nitrogens with zero attached hydrogens (tertiary/aromatic N) is 6. The van der Waals surface area contributed by atoms with E-state index in [2.05, 4.69) is 20.7 Å². The molecule has 0 aliphatic carbocycles. The van der Waals surface area contributed by atoms with Crippen LogP contribution in [0.15, 0.2) is 53.4 Å². The molecule has 0 atom stereocenters. The van der Waals surface area contributed by atoms with Gasteiger partial charge in [-0.2, -0.15) is 9.10 Å². The van der Waals surface area contributed by atoms with Crippen LogP contribution in [-0.2, 0) is 21.4 Å². The lowest BCUT2D eigenvalue weighted by Gasteiger charge is -2.26. The number of anilines is 2. The van der Waals surface area contributed by atoms with Crippen LogP contribution in [0.25, 0.3) is 11.4 Å². The molecule has 0 radical (unpaired) electrons. The third-order valence-electron chi connectivity index (χ3n) is 5.45. The van der Waals surface area contributed by atoms with Crippen molar-refractivity contribution in [2.45, 2.75) is 30.7 Å². The van der Waals surface area contributed by atoms with E-state index >= 15 is 0 Å². The molecule has 1 fully saturated rings. The molecule has 0 saturated carbocycles. The van der Waals surface area contributed by atoms with Gasteiger partial charge in [0.1, 0.15) is 6.54 Å². The van der Waals surface area contributed by atoms with Crippen LogP contribution in [0.3, 0.4) is 0 Å². The highest BCUT2D eigenvalue weighted by molar-refractivity contribution is 7.89. The SMILES string of the molecule is CN(C)c1ccc(S(=O)(=O)N2CCCCC2)cc1NC(=O)Cn1nnc(-c2ccccc2)n1. The Morgan fingerprint density at radius 3 is 2.48 bits per heavy atom. The summed E-state index contributed by atoms with van der Waals surface area (Å²) in [7, 11) is 0.0312. The van der Waals surface area contributed by atoms with E-state index in [9.17, 15) is 13.2 Å². The highest BCUT2D eigenvalue weighted by Gasteiger charge is 2.27. The number of nitrogens with one attached hydrogen (secondary N) is 1. The number of tetrazole rings is 1. The molecular weight excluding hydrogens is 442 g/mol. The fourth-order valence-electron chi connectivity index (χ4n) is 3.75.